The first-order valence-electron chi connectivity index (χ1n) is 10.2. The van der Waals surface area contributed by atoms with Crippen molar-refractivity contribution in [3.63, 3.8) is 0 Å². The number of primary amides is 1. The van der Waals surface area contributed by atoms with Gasteiger partial charge in [-0.2, -0.15) is 5.10 Å². The van der Waals surface area contributed by atoms with Crippen LogP contribution in [0.15, 0.2) is 54.7 Å². The maximum absolute atomic E-state index is 11.1. The van der Waals surface area contributed by atoms with E-state index in [2.05, 4.69) is 62.5 Å². The number of aromatic nitrogens is 6. The summed E-state index contributed by atoms with van der Waals surface area (Å²) in [6.45, 7) is 5.22. The molecule has 1 amide bonds. The van der Waals surface area contributed by atoms with Crippen LogP contribution in [0.5, 0.6) is 0 Å². The molecule has 156 valence electrons. The first kappa shape index (κ1) is 19.0. The zero-order valence-corrected chi connectivity index (χ0v) is 17.5. The molecule has 4 heterocycles. The largest absolute Gasteiger partial charge is 0.370 e. The highest BCUT2D eigenvalue weighted by Gasteiger charge is 2.17. The van der Waals surface area contributed by atoms with Crippen molar-refractivity contribution >= 4 is 22.6 Å². The summed E-state index contributed by atoms with van der Waals surface area (Å²) < 4.78 is 6.09. The Morgan fingerprint density at radius 1 is 1.03 bits per heavy atom. The number of fused-ring (bicyclic) bond motifs is 3. The molecule has 0 bridgehead atoms. The SMILES string of the molecule is Cc1cccc(Cn2c(-c3ccn(CCC(N)=O)n3)cc3c2ccc2nnc(C)n23)c1. The van der Waals surface area contributed by atoms with Gasteiger partial charge in [-0.05, 0) is 43.7 Å². The molecule has 0 spiro atoms. The van der Waals surface area contributed by atoms with Crippen molar-refractivity contribution < 1.29 is 4.79 Å². The number of aryl methyl sites for hydroxylation is 3. The van der Waals surface area contributed by atoms with Gasteiger partial charge in [0.2, 0.25) is 5.91 Å². The summed E-state index contributed by atoms with van der Waals surface area (Å²) in [7, 11) is 0. The number of rotatable bonds is 6. The van der Waals surface area contributed by atoms with E-state index in [0.717, 1.165) is 33.9 Å². The molecule has 0 fully saturated rings. The molecule has 0 aliphatic carbocycles. The van der Waals surface area contributed by atoms with Crippen LogP contribution in [0.2, 0.25) is 0 Å². The number of amides is 1. The zero-order chi connectivity index (χ0) is 21.5. The normalized spacial score (nSPS) is 11.5. The number of nitrogens with two attached hydrogens (primary N) is 1. The van der Waals surface area contributed by atoms with Crippen LogP contribution in [0.25, 0.3) is 28.1 Å². The zero-order valence-electron chi connectivity index (χ0n) is 17.5. The predicted molar refractivity (Wildman–Crippen MR) is 119 cm³/mol. The molecule has 0 unspecified atom stereocenters. The van der Waals surface area contributed by atoms with E-state index in [1.807, 2.05) is 25.3 Å². The third-order valence-electron chi connectivity index (χ3n) is 5.51. The van der Waals surface area contributed by atoms with E-state index in [1.165, 1.54) is 11.1 Å². The van der Waals surface area contributed by atoms with Crippen molar-refractivity contribution in [2.45, 2.75) is 33.4 Å². The molecule has 0 atom stereocenters. The molecule has 5 rings (SSSR count). The van der Waals surface area contributed by atoms with E-state index in [9.17, 15) is 4.79 Å². The molecule has 0 radical (unpaired) electrons. The first-order valence-corrected chi connectivity index (χ1v) is 10.2. The van der Waals surface area contributed by atoms with Gasteiger partial charge in [0.1, 0.15) is 11.5 Å². The van der Waals surface area contributed by atoms with Crippen molar-refractivity contribution in [1.29, 1.82) is 0 Å². The summed E-state index contributed by atoms with van der Waals surface area (Å²) in [6.07, 6.45) is 2.14. The standard InChI is InChI=1S/C23H23N7O/c1-15-4-3-5-17(12-15)14-29-19-6-7-23-26-25-16(2)30(23)21(19)13-20(29)18-8-10-28(27-18)11-9-22(24)31/h3-8,10,12-13H,9,11,14H2,1-2H3,(H2,24,31). The lowest BCUT2D eigenvalue weighted by molar-refractivity contribution is -0.118. The quantitative estimate of drug-likeness (QED) is 0.463. The van der Waals surface area contributed by atoms with E-state index in [1.54, 1.807) is 4.68 Å². The average Bonchev–Trinajstić information content (AvgIpc) is 3.44. The lowest BCUT2D eigenvalue weighted by Gasteiger charge is -2.11. The van der Waals surface area contributed by atoms with Crippen LogP contribution in [0.1, 0.15) is 23.4 Å². The second-order valence-electron chi connectivity index (χ2n) is 7.83. The molecule has 0 saturated carbocycles. The maximum Gasteiger partial charge on any atom is 0.219 e. The highest BCUT2D eigenvalue weighted by Crippen LogP contribution is 2.29. The lowest BCUT2D eigenvalue weighted by Crippen LogP contribution is -2.14. The second kappa shape index (κ2) is 7.39. The Bertz CT molecular complexity index is 1420. The number of hydrogen-bond acceptors (Lipinski definition) is 4. The van der Waals surface area contributed by atoms with Crippen LogP contribution in [0.3, 0.4) is 0 Å². The molecule has 8 heteroatoms. The van der Waals surface area contributed by atoms with Gasteiger partial charge in [-0.3, -0.25) is 13.9 Å². The fourth-order valence-electron chi connectivity index (χ4n) is 4.06. The Morgan fingerprint density at radius 2 is 1.90 bits per heavy atom. The van der Waals surface area contributed by atoms with Crippen LogP contribution in [-0.2, 0) is 17.9 Å². The Labute approximate surface area is 178 Å². The monoisotopic (exact) mass is 413 g/mol. The number of pyridine rings is 1. The topological polar surface area (TPSA) is 96.0 Å². The van der Waals surface area contributed by atoms with E-state index in [4.69, 9.17) is 10.8 Å². The van der Waals surface area contributed by atoms with Gasteiger partial charge in [0.15, 0.2) is 5.65 Å². The van der Waals surface area contributed by atoms with Gasteiger partial charge >= 0.3 is 0 Å². The van der Waals surface area contributed by atoms with Crippen LogP contribution in [0, 0.1) is 13.8 Å². The van der Waals surface area contributed by atoms with Crippen LogP contribution in [0.4, 0.5) is 0 Å². The van der Waals surface area contributed by atoms with Crippen molar-refractivity contribution in [3.8, 4) is 11.4 Å². The number of nitrogens with zero attached hydrogens (tertiary/aromatic N) is 6. The van der Waals surface area contributed by atoms with E-state index in [-0.39, 0.29) is 12.3 Å². The van der Waals surface area contributed by atoms with Gasteiger partial charge in [0.25, 0.3) is 0 Å². The minimum Gasteiger partial charge on any atom is -0.370 e. The van der Waals surface area contributed by atoms with Crippen LogP contribution < -0.4 is 5.73 Å². The lowest BCUT2D eigenvalue weighted by atomic mass is 10.1. The molecular weight excluding hydrogens is 390 g/mol. The molecule has 0 aliphatic rings. The molecule has 5 aromatic rings. The fraction of sp³-hybridized carbons (Fsp3) is 0.217. The Hall–Kier alpha value is -3.94. The van der Waals surface area contributed by atoms with Crippen LogP contribution >= 0.6 is 0 Å². The fourth-order valence-corrected chi connectivity index (χ4v) is 4.06. The molecule has 2 N–H and O–H groups in total. The van der Waals surface area contributed by atoms with Crippen molar-refractivity contribution in [2.75, 3.05) is 0 Å². The number of benzene rings is 1. The Kier molecular flexibility index (Phi) is 4.54. The molecule has 8 nitrogen and oxygen atoms in total. The Morgan fingerprint density at radius 3 is 2.71 bits per heavy atom. The van der Waals surface area contributed by atoms with Gasteiger partial charge in [-0.1, -0.05) is 29.8 Å². The van der Waals surface area contributed by atoms with Gasteiger partial charge in [-0.15, -0.1) is 10.2 Å². The maximum atomic E-state index is 11.1. The summed E-state index contributed by atoms with van der Waals surface area (Å²) in [5, 5.41) is 13.2. The molecule has 0 aliphatic heterocycles. The van der Waals surface area contributed by atoms with Crippen molar-refractivity contribution in [2.24, 2.45) is 5.73 Å². The molecule has 31 heavy (non-hydrogen) atoms. The summed E-state index contributed by atoms with van der Waals surface area (Å²) in [5.41, 5.74) is 12.5. The second-order valence-corrected chi connectivity index (χ2v) is 7.83. The van der Waals surface area contributed by atoms with E-state index < -0.39 is 0 Å². The smallest absolute Gasteiger partial charge is 0.219 e. The average molecular weight is 413 g/mol. The predicted octanol–water partition coefficient (Wildman–Crippen LogP) is 3.09. The minimum atomic E-state index is -0.337. The van der Waals surface area contributed by atoms with Gasteiger partial charge in [0, 0.05) is 25.7 Å². The van der Waals surface area contributed by atoms with Gasteiger partial charge in [-0.25, -0.2) is 0 Å². The van der Waals surface area contributed by atoms with Gasteiger partial charge in [0.05, 0.1) is 16.7 Å². The van der Waals surface area contributed by atoms with E-state index in [0.29, 0.717) is 13.1 Å². The highest BCUT2D eigenvalue weighted by molar-refractivity contribution is 5.86. The summed E-state index contributed by atoms with van der Waals surface area (Å²) in [6, 6.07) is 16.7. The Balaban J connectivity index is 1.67. The summed E-state index contributed by atoms with van der Waals surface area (Å²) >= 11 is 0. The van der Waals surface area contributed by atoms with Crippen molar-refractivity contribution in [1.82, 2.24) is 28.9 Å². The van der Waals surface area contributed by atoms with Crippen LogP contribution in [-0.4, -0.2) is 34.9 Å². The first-order chi connectivity index (χ1) is 15.0. The number of carbonyl (C=O) groups excluding carboxylic acids is 1. The van der Waals surface area contributed by atoms with E-state index >= 15 is 0 Å². The number of carbonyl (C=O) groups is 1. The summed E-state index contributed by atoms with van der Waals surface area (Å²) in [4.78, 5) is 11.1. The molecule has 4 aromatic heterocycles. The van der Waals surface area contributed by atoms with Gasteiger partial charge < -0.3 is 10.3 Å². The molecule has 1 aromatic carbocycles. The molecule has 0 saturated heterocycles. The highest BCUT2D eigenvalue weighted by atomic mass is 16.1. The van der Waals surface area contributed by atoms with Crippen molar-refractivity contribution in [3.05, 3.63) is 71.7 Å². The third-order valence-corrected chi connectivity index (χ3v) is 5.51. The molecular formula is C23H23N7O. The summed E-state index contributed by atoms with van der Waals surface area (Å²) in [5.74, 6) is 0.503. The third kappa shape index (κ3) is 3.46. The minimum absolute atomic E-state index is 0.258. The number of hydrogen-bond donors (Lipinski definition) is 1.